The average Bonchev–Trinajstić information content (AvgIpc) is 2.46. The number of benzene rings is 1. The van der Waals surface area contributed by atoms with E-state index in [-0.39, 0.29) is 30.2 Å². The maximum atomic E-state index is 11.6. The number of piperidine rings is 1. The van der Waals surface area contributed by atoms with Crippen molar-refractivity contribution in [1.82, 2.24) is 4.90 Å². The summed E-state index contributed by atoms with van der Waals surface area (Å²) < 4.78 is 0. The summed E-state index contributed by atoms with van der Waals surface area (Å²) in [5.41, 5.74) is 1.17. The number of amides is 1. The third-order valence-electron chi connectivity index (χ3n) is 3.73. The van der Waals surface area contributed by atoms with Gasteiger partial charge in [0.05, 0.1) is 0 Å². The standard InChI is InChI=1S/C14H17Cl2NO2/c15-7-14(19)17-6-5-13(11(8-17)9-18)10-1-3-12(16)4-2-10/h1-4,11,13,18H,5-9H2. The fourth-order valence-electron chi connectivity index (χ4n) is 2.68. The fourth-order valence-corrected chi connectivity index (χ4v) is 2.97. The van der Waals surface area contributed by atoms with E-state index in [2.05, 4.69) is 0 Å². The lowest BCUT2D eigenvalue weighted by Crippen LogP contribution is -2.44. The Hall–Kier alpha value is -0.770. The van der Waals surface area contributed by atoms with Crippen molar-refractivity contribution in [1.29, 1.82) is 0 Å². The van der Waals surface area contributed by atoms with Gasteiger partial charge in [0.2, 0.25) is 5.91 Å². The van der Waals surface area contributed by atoms with Crippen LogP contribution in [0, 0.1) is 5.92 Å². The molecule has 5 heteroatoms. The van der Waals surface area contributed by atoms with Crippen LogP contribution >= 0.6 is 23.2 Å². The molecule has 0 aliphatic carbocycles. The summed E-state index contributed by atoms with van der Waals surface area (Å²) in [5.74, 6) is 0.266. The lowest BCUT2D eigenvalue weighted by molar-refractivity contribution is -0.130. The summed E-state index contributed by atoms with van der Waals surface area (Å²) in [4.78, 5) is 13.3. The minimum atomic E-state index is -0.0605. The number of hydrogen-bond acceptors (Lipinski definition) is 2. The summed E-state index contributed by atoms with van der Waals surface area (Å²) in [5, 5.41) is 10.3. The fraction of sp³-hybridized carbons (Fsp3) is 0.500. The van der Waals surface area contributed by atoms with Gasteiger partial charge in [-0.15, -0.1) is 11.6 Å². The van der Waals surface area contributed by atoms with Crippen LogP contribution in [-0.2, 0) is 4.79 Å². The van der Waals surface area contributed by atoms with Crippen LogP contribution < -0.4 is 0 Å². The van der Waals surface area contributed by atoms with Gasteiger partial charge in [0.15, 0.2) is 0 Å². The molecule has 2 unspecified atom stereocenters. The Morgan fingerprint density at radius 1 is 1.37 bits per heavy atom. The van der Waals surface area contributed by atoms with Crippen molar-refractivity contribution in [3.05, 3.63) is 34.9 Å². The van der Waals surface area contributed by atoms with Gasteiger partial charge in [0.25, 0.3) is 0 Å². The number of aliphatic hydroxyl groups excluding tert-OH is 1. The highest BCUT2D eigenvalue weighted by atomic mass is 35.5. The number of likely N-dealkylation sites (tertiary alicyclic amines) is 1. The van der Waals surface area contributed by atoms with Crippen LogP contribution in [0.25, 0.3) is 0 Å². The highest BCUT2D eigenvalue weighted by Crippen LogP contribution is 2.33. The van der Waals surface area contributed by atoms with Gasteiger partial charge in [-0.3, -0.25) is 4.79 Å². The number of carbonyl (C=O) groups excluding carboxylic acids is 1. The molecule has 2 rings (SSSR count). The molecule has 1 heterocycles. The van der Waals surface area contributed by atoms with E-state index in [9.17, 15) is 9.90 Å². The Bertz CT molecular complexity index is 436. The number of halogens is 2. The quantitative estimate of drug-likeness (QED) is 0.872. The molecule has 3 nitrogen and oxygen atoms in total. The van der Waals surface area contributed by atoms with Crippen molar-refractivity contribution in [2.24, 2.45) is 5.92 Å². The Balaban J connectivity index is 2.11. The molecule has 1 aliphatic heterocycles. The first kappa shape index (κ1) is 14.6. The molecule has 1 aromatic rings. The zero-order valence-corrected chi connectivity index (χ0v) is 12.1. The predicted octanol–water partition coefficient (Wildman–Crippen LogP) is 2.50. The second-order valence-corrected chi connectivity index (χ2v) is 5.57. The van der Waals surface area contributed by atoms with Crippen LogP contribution in [0.4, 0.5) is 0 Å². The average molecular weight is 302 g/mol. The number of carbonyl (C=O) groups is 1. The Morgan fingerprint density at radius 2 is 2.05 bits per heavy atom. The molecule has 0 spiro atoms. The summed E-state index contributed by atoms with van der Waals surface area (Å²) in [7, 11) is 0. The molecule has 19 heavy (non-hydrogen) atoms. The zero-order chi connectivity index (χ0) is 13.8. The van der Waals surface area contributed by atoms with E-state index < -0.39 is 0 Å². The second kappa shape index (κ2) is 6.60. The van der Waals surface area contributed by atoms with E-state index in [0.717, 1.165) is 6.42 Å². The normalized spacial score (nSPS) is 23.4. The molecule has 2 atom stereocenters. The summed E-state index contributed by atoms with van der Waals surface area (Å²) >= 11 is 11.5. The van der Waals surface area contributed by atoms with Crippen molar-refractivity contribution in [3.63, 3.8) is 0 Å². The zero-order valence-electron chi connectivity index (χ0n) is 10.6. The van der Waals surface area contributed by atoms with E-state index in [4.69, 9.17) is 23.2 Å². The number of hydrogen-bond donors (Lipinski definition) is 1. The van der Waals surface area contributed by atoms with E-state index in [0.29, 0.717) is 18.1 Å². The first-order valence-corrected chi connectivity index (χ1v) is 7.27. The lowest BCUT2D eigenvalue weighted by Gasteiger charge is -2.38. The van der Waals surface area contributed by atoms with Crippen molar-refractivity contribution in [2.75, 3.05) is 25.6 Å². The third-order valence-corrected chi connectivity index (χ3v) is 4.21. The molecule has 1 N–H and O–H groups in total. The molecule has 1 amide bonds. The highest BCUT2D eigenvalue weighted by molar-refractivity contribution is 6.30. The van der Waals surface area contributed by atoms with Crippen LogP contribution in [0.3, 0.4) is 0 Å². The van der Waals surface area contributed by atoms with Crippen LogP contribution in [-0.4, -0.2) is 41.5 Å². The molecule has 0 bridgehead atoms. The van der Waals surface area contributed by atoms with Crippen LogP contribution in [0.2, 0.25) is 5.02 Å². The van der Waals surface area contributed by atoms with Crippen molar-refractivity contribution in [2.45, 2.75) is 12.3 Å². The lowest BCUT2D eigenvalue weighted by atomic mass is 9.81. The number of nitrogens with zero attached hydrogens (tertiary/aromatic N) is 1. The van der Waals surface area contributed by atoms with Crippen LogP contribution in [0.5, 0.6) is 0 Å². The SMILES string of the molecule is O=C(CCl)N1CCC(c2ccc(Cl)cc2)C(CO)C1. The minimum absolute atomic E-state index is 0.00373. The molecule has 1 aliphatic rings. The van der Waals surface area contributed by atoms with Crippen LogP contribution in [0.1, 0.15) is 17.9 Å². The van der Waals surface area contributed by atoms with Crippen LogP contribution in [0.15, 0.2) is 24.3 Å². The predicted molar refractivity (Wildman–Crippen MR) is 76.7 cm³/mol. The van der Waals surface area contributed by atoms with Gasteiger partial charge in [-0.25, -0.2) is 0 Å². The molecule has 1 aromatic carbocycles. The van der Waals surface area contributed by atoms with Gasteiger partial charge in [0.1, 0.15) is 5.88 Å². The first-order chi connectivity index (χ1) is 9.15. The smallest absolute Gasteiger partial charge is 0.237 e. The second-order valence-electron chi connectivity index (χ2n) is 4.86. The molecule has 0 aromatic heterocycles. The number of aliphatic hydroxyl groups is 1. The molecule has 104 valence electrons. The van der Waals surface area contributed by atoms with Gasteiger partial charge >= 0.3 is 0 Å². The molecular weight excluding hydrogens is 285 g/mol. The molecular formula is C14H17Cl2NO2. The van der Waals surface area contributed by atoms with Crippen molar-refractivity contribution >= 4 is 29.1 Å². The van der Waals surface area contributed by atoms with E-state index >= 15 is 0 Å². The Kier molecular flexibility index (Phi) is 5.08. The number of alkyl halides is 1. The van der Waals surface area contributed by atoms with E-state index in [1.54, 1.807) is 4.90 Å². The van der Waals surface area contributed by atoms with Gasteiger partial charge in [-0.2, -0.15) is 0 Å². The van der Waals surface area contributed by atoms with Gasteiger partial charge in [0, 0.05) is 30.6 Å². The molecule has 1 saturated heterocycles. The largest absolute Gasteiger partial charge is 0.396 e. The summed E-state index contributed by atoms with van der Waals surface area (Å²) in [6.07, 6.45) is 0.843. The van der Waals surface area contributed by atoms with Crippen molar-refractivity contribution < 1.29 is 9.90 Å². The third kappa shape index (κ3) is 3.41. The molecule has 1 fully saturated rings. The highest BCUT2D eigenvalue weighted by Gasteiger charge is 2.31. The Morgan fingerprint density at radius 3 is 2.63 bits per heavy atom. The first-order valence-electron chi connectivity index (χ1n) is 6.35. The van der Waals surface area contributed by atoms with E-state index in [1.165, 1.54) is 5.56 Å². The summed E-state index contributed by atoms with van der Waals surface area (Å²) in [6, 6.07) is 7.71. The Labute approximate surface area is 123 Å². The van der Waals surface area contributed by atoms with Gasteiger partial charge < -0.3 is 10.0 Å². The number of rotatable bonds is 3. The minimum Gasteiger partial charge on any atom is -0.396 e. The monoisotopic (exact) mass is 301 g/mol. The maximum absolute atomic E-state index is 11.6. The summed E-state index contributed by atoms with van der Waals surface area (Å²) in [6.45, 7) is 1.32. The van der Waals surface area contributed by atoms with Crippen molar-refractivity contribution in [3.8, 4) is 0 Å². The van der Waals surface area contributed by atoms with Gasteiger partial charge in [-0.05, 0) is 30.0 Å². The van der Waals surface area contributed by atoms with Gasteiger partial charge in [-0.1, -0.05) is 23.7 Å². The topological polar surface area (TPSA) is 40.5 Å². The molecule has 0 radical (unpaired) electrons. The maximum Gasteiger partial charge on any atom is 0.237 e. The van der Waals surface area contributed by atoms with E-state index in [1.807, 2.05) is 24.3 Å². The molecule has 0 saturated carbocycles.